The number of hydrogen-bond donors (Lipinski definition) is 2. The first-order valence-corrected chi connectivity index (χ1v) is 9.28. The van der Waals surface area contributed by atoms with Crippen molar-refractivity contribution in [2.24, 2.45) is 0 Å². The maximum atomic E-state index is 13.4. The van der Waals surface area contributed by atoms with Crippen molar-refractivity contribution >= 4 is 5.97 Å². The third-order valence-electron chi connectivity index (χ3n) is 5.14. The average Bonchev–Trinajstić information content (AvgIpc) is 3.29. The van der Waals surface area contributed by atoms with Gasteiger partial charge in [0.25, 0.3) is 0 Å². The lowest BCUT2D eigenvalue weighted by Gasteiger charge is -2.30. The van der Waals surface area contributed by atoms with Crippen LogP contribution in [-0.2, 0) is 18.9 Å². The van der Waals surface area contributed by atoms with Crippen molar-refractivity contribution < 1.29 is 38.3 Å². The molecule has 5 atom stereocenters. The van der Waals surface area contributed by atoms with Crippen LogP contribution in [-0.4, -0.2) is 53.5 Å². The van der Waals surface area contributed by atoms with Crippen molar-refractivity contribution in [1.82, 2.24) is 0 Å². The molecule has 0 radical (unpaired) electrons. The highest BCUT2D eigenvalue weighted by Gasteiger charge is 2.62. The molecule has 29 heavy (non-hydrogen) atoms. The minimum absolute atomic E-state index is 0.0207. The Balaban J connectivity index is 1.58. The van der Waals surface area contributed by atoms with Crippen molar-refractivity contribution in [3.63, 3.8) is 0 Å². The van der Waals surface area contributed by atoms with Crippen LogP contribution >= 0.6 is 0 Å². The Morgan fingerprint density at radius 3 is 2.59 bits per heavy atom. The second kappa shape index (κ2) is 8.17. The summed E-state index contributed by atoms with van der Waals surface area (Å²) >= 11 is 0. The molecule has 2 aliphatic heterocycles. The van der Waals surface area contributed by atoms with E-state index in [4.69, 9.17) is 18.9 Å². The lowest BCUT2D eigenvalue weighted by molar-refractivity contribution is -0.228. The number of carbonyl (C=O) groups excluding carboxylic acids is 1. The molecule has 2 N–H and O–H groups in total. The molecular weight excluding hydrogens is 383 g/mol. The Kier molecular flexibility index (Phi) is 5.62. The summed E-state index contributed by atoms with van der Waals surface area (Å²) in [4.78, 5) is 12.5. The van der Waals surface area contributed by atoms with Crippen molar-refractivity contribution in [3.8, 4) is 0 Å². The highest BCUT2D eigenvalue weighted by molar-refractivity contribution is 5.89. The number of rotatable bonds is 6. The molecule has 2 heterocycles. The van der Waals surface area contributed by atoms with E-state index >= 15 is 0 Å². The zero-order chi connectivity index (χ0) is 20.4. The molecule has 7 nitrogen and oxygen atoms in total. The monoisotopic (exact) mass is 404 g/mol. The minimum atomic E-state index is -1.30. The standard InChI is InChI=1S/C21H21FO7/c22-15-8-4-7-14(11-15)18(25)28-20-16-17(21(12-24,29-20)9-10-23)27-19(26-16)13-5-2-1-3-6-13/h1-8,11,16-17,19-20,23-24H,9-10,12H2/t16-,17+,19+,20+,21+/m1/s1. The van der Waals surface area contributed by atoms with Gasteiger partial charge in [-0.1, -0.05) is 36.4 Å². The van der Waals surface area contributed by atoms with E-state index in [0.717, 1.165) is 11.6 Å². The first-order valence-electron chi connectivity index (χ1n) is 9.28. The van der Waals surface area contributed by atoms with E-state index in [2.05, 4.69) is 0 Å². The predicted molar refractivity (Wildman–Crippen MR) is 97.1 cm³/mol. The Labute approximate surface area is 166 Å². The zero-order valence-electron chi connectivity index (χ0n) is 15.4. The van der Waals surface area contributed by atoms with E-state index in [-0.39, 0.29) is 18.6 Å². The Morgan fingerprint density at radius 2 is 1.90 bits per heavy atom. The number of esters is 1. The Morgan fingerprint density at radius 1 is 1.10 bits per heavy atom. The molecule has 0 bridgehead atoms. The van der Waals surface area contributed by atoms with Gasteiger partial charge in [0.1, 0.15) is 17.5 Å². The van der Waals surface area contributed by atoms with Crippen molar-refractivity contribution in [2.75, 3.05) is 13.2 Å². The molecule has 0 aromatic heterocycles. The Hall–Kier alpha value is -2.36. The lowest BCUT2D eigenvalue weighted by atomic mass is 9.93. The van der Waals surface area contributed by atoms with E-state index in [1.807, 2.05) is 30.3 Å². The molecule has 0 amide bonds. The normalized spacial score (nSPS) is 30.9. The highest BCUT2D eigenvalue weighted by atomic mass is 19.1. The van der Waals surface area contributed by atoms with E-state index in [9.17, 15) is 19.4 Å². The van der Waals surface area contributed by atoms with Gasteiger partial charge in [-0.25, -0.2) is 9.18 Å². The average molecular weight is 404 g/mol. The summed E-state index contributed by atoms with van der Waals surface area (Å²) in [5.41, 5.74) is -0.518. The minimum Gasteiger partial charge on any atom is -0.429 e. The van der Waals surface area contributed by atoms with Crippen LogP contribution in [0.25, 0.3) is 0 Å². The molecular formula is C21H21FO7. The first kappa shape index (κ1) is 19.9. The number of benzene rings is 2. The molecule has 2 aliphatic rings. The first-order chi connectivity index (χ1) is 14.1. The van der Waals surface area contributed by atoms with Gasteiger partial charge in [0, 0.05) is 18.6 Å². The maximum Gasteiger partial charge on any atom is 0.340 e. The fourth-order valence-electron chi connectivity index (χ4n) is 3.70. The number of halogens is 1. The number of aliphatic hydroxyl groups excluding tert-OH is 2. The van der Waals surface area contributed by atoms with Gasteiger partial charge in [-0.15, -0.1) is 0 Å². The summed E-state index contributed by atoms with van der Waals surface area (Å²) in [6.07, 6.45) is -3.46. The molecule has 2 aromatic carbocycles. The third kappa shape index (κ3) is 3.77. The fourth-order valence-corrected chi connectivity index (χ4v) is 3.70. The number of fused-ring (bicyclic) bond motifs is 1. The molecule has 8 heteroatoms. The van der Waals surface area contributed by atoms with Crippen LogP contribution in [0.2, 0.25) is 0 Å². The quantitative estimate of drug-likeness (QED) is 0.711. The van der Waals surface area contributed by atoms with Gasteiger partial charge >= 0.3 is 5.97 Å². The van der Waals surface area contributed by atoms with E-state index in [1.54, 1.807) is 0 Å². The number of aliphatic hydroxyl groups is 2. The van der Waals surface area contributed by atoms with E-state index in [1.165, 1.54) is 18.2 Å². The predicted octanol–water partition coefficient (Wildman–Crippen LogP) is 1.94. The molecule has 0 aliphatic carbocycles. The number of carbonyl (C=O) groups is 1. The second-order valence-electron chi connectivity index (χ2n) is 7.00. The number of ether oxygens (including phenoxy) is 4. The van der Waals surface area contributed by atoms with Gasteiger partial charge in [0.05, 0.1) is 12.2 Å². The SMILES string of the molecule is O=C(O[C@H]1O[C@](CO)(CCO)[C@H]2O[C@@H](c3ccccc3)O[C@@H]12)c1cccc(F)c1. The molecule has 4 rings (SSSR count). The van der Waals surface area contributed by atoms with Crippen LogP contribution in [0.3, 0.4) is 0 Å². The molecule has 2 saturated heterocycles. The summed E-state index contributed by atoms with van der Waals surface area (Å²) in [5.74, 6) is -1.36. The van der Waals surface area contributed by atoms with Crippen LogP contribution in [0.4, 0.5) is 4.39 Å². The largest absolute Gasteiger partial charge is 0.429 e. The topological polar surface area (TPSA) is 94.5 Å². The molecule has 2 aromatic rings. The lowest BCUT2D eigenvalue weighted by Crippen LogP contribution is -2.46. The molecule has 0 unspecified atom stereocenters. The smallest absolute Gasteiger partial charge is 0.340 e. The third-order valence-corrected chi connectivity index (χ3v) is 5.14. The zero-order valence-corrected chi connectivity index (χ0v) is 15.4. The highest BCUT2D eigenvalue weighted by Crippen LogP contribution is 2.46. The molecule has 0 spiro atoms. The van der Waals surface area contributed by atoms with Gasteiger partial charge in [-0.3, -0.25) is 0 Å². The van der Waals surface area contributed by atoms with Crippen molar-refractivity contribution in [1.29, 1.82) is 0 Å². The summed E-state index contributed by atoms with van der Waals surface area (Å²) in [5, 5.41) is 19.5. The van der Waals surface area contributed by atoms with Gasteiger partial charge in [0.2, 0.25) is 6.29 Å². The molecule has 0 saturated carbocycles. The Bertz CT molecular complexity index is 861. The number of hydrogen-bond acceptors (Lipinski definition) is 7. The van der Waals surface area contributed by atoms with Crippen LogP contribution in [0, 0.1) is 5.82 Å². The van der Waals surface area contributed by atoms with E-state index in [0.29, 0.717) is 0 Å². The fraction of sp³-hybridized carbons (Fsp3) is 0.381. The second-order valence-corrected chi connectivity index (χ2v) is 7.00. The van der Waals surface area contributed by atoms with Gasteiger partial charge in [-0.05, 0) is 18.2 Å². The van der Waals surface area contributed by atoms with Crippen molar-refractivity contribution in [2.45, 2.75) is 36.8 Å². The van der Waals surface area contributed by atoms with Crippen LogP contribution in [0.15, 0.2) is 54.6 Å². The summed E-state index contributed by atoms with van der Waals surface area (Å²) in [7, 11) is 0. The van der Waals surface area contributed by atoms with Crippen molar-refractivity contribution in [3.05, 3.63) is 71.5 Å². The van der Waals surface area contributed by atoms with Gasteiger partial charge in [0.15, 0.2) is 12.4 Å². The molecule has 2 fully saturated rings. The summed E-state index contributed by atoms with van der Waals surface area (Å²) in [6, 6.07) is 14.3. The summed E-state index contributed by atoms with van der Waals surface area (Å²) in [6.45, 7) is -0.735. The van der Waals surface area contributed by atoms with E-state index < -0.39 is 48.8 Å². The van der Waals surface area contributed by atoms with Gasteiger partial charge in [-0.2, -0.15) is 0 Å². The van der Waals surface area contributed by atoms with Crippen LogP contribution in [0.5, 0.6) is 0 Å². The maximum absolute atomic E-state index is 13.4. The summed E-state index contributed by atoms with van der Waals surface area (Å²) < 4.78 is 36.6. The van der Waals surface area contributed by atoms with Crippen LogP contribution in [0.1, 0.15) is 28.6 Å². The van der Waals surface area contributed by atoms with Gasteiger partial charge < -0.3 is 29.2 Å². The molecule has 154 valence electrons. The van der Waals surface area contributed by atoms with Crippen LogP contribution < -0.4 is 0 Å².